The van der Waals surface area contributed by atoms with Crippen molar-refractivity contribution in [3.63, 3.8) is 0 Å². The van der Waals surface area contributed by atoms with Gasteiger partial charge in [0.25, 0.3) is 0 Å². The molecule has 2 N–H and O–H groups in total. The number of rotatable bonds is 6. The van der Waals surface area contributed by atoms with Gasteiger partial charge in [0.2, 0.25) is 5.91 Å². The molecule has 0 unspecified atom stereocenters. The van der Waals surface area contributed by atoms with Crippen molar-refractivity contribution in [3.05, 3.63) is 47.8 Å². The lowest BCUT2D eigenvalue weighted by Gasteiger charge is -2.06. The zero-order valence-corrected chi connectivity index (χ0v) is 11.8. The summed E-state index contributed by atoms with van der Waals surface area (Å²) in [7, 11) is 0. The highest BCUT2D eigenvalue weighted by Crippen LogP contribution is 2.10. The second kappa shape index (κ2) is 7.33. The van der Waals surface area contributed by atoms with Crippen molar-refractivity contribution in [3.8, 4) is 0 Å². The molecular formula is C15H17FN4O. The summed E-state index contributed by atoms with van der Waals surface area (Å²) in [5, 5.41) is 13.5. The van der Waals surface area contributed by atoms with E-state index in [1.54, 1.807) is 30.3 Å². The van der Waals surface area contributed by atoms with Crippen LogP contribution in [0, 0.1) is 5.82 Å². The molecule has 0 bridgehead atoms. The summed E-state index contributed by atoms with van der Waals surface area (Å²) in [6.45, 7) is 2.87. The third kappa shape index (κ3) is 4.52. The molecule has 0 saturated heterocycles. The monoisotopic (exact) mass is 288 g/mol. The Labute approximate surface area is 122 Å². The second-order valence-corrected chi connectivity index (χ2v) is 4.55. The van der Waals surface area contributed by atoms with Gasteiger partial charge in [-0.25, -0.2) is 4.39 Å². The normalized spacial score (nSPS) is 10.2. The van der Waals surface area contributed by atoms with Crippen LogP contribution in [0.3, 0.4) is 0 Å². The molecule has 1 heterocycles. The summed E-state index contributed by atoms with van der Waals surface area (Å²) < 4.78 is 13.4. The molecule has 0 saturated carbocycles. The Bertz CT molecular complexity index is 601. The lowest BCUT2D eigenvalue weighted by Crippen LogP contribution is -2.16. The second-order valence-electron chi connectivity index (χ2n) is 4.55. The zero-order chi connectivity index (χ0) is 15.1. The predicted octanol–water partition coefficient (Wildman–Crippen LogP) is 2.62. The highest BCUT2D eigenvalue weighted by Gasteiger charge is 2.08. The van der Waals surface area contributed by atoms with Gasteiger partial charge in [0.15, 0.2) is 5.82 Å². The molecule has 2 rings (SSSR count). The number of nitrogens with zero attached hydrogens (tertiary/aromatic N) is 2. The number of hydrogen-bond acceptors (Lipinski definition) is 4. The van der Waals surface area contributed by atoms with Crippen LogP contribution in [0.15, 0.2) is 36.4 Å². The van der Waals surface area contributed by atoms with Gasteiger partial charge in [-0.05, 0) is 30.2 Å². The molecule has 0 aliphatic heterocycles. The van der Waals surface area contributed by atoms with Gasteiger partial charge < -0.3 is 10.6 Å². The SMILES string of the molecule is CCCNc1ccc(NC(=O)Cc2ccccc2F)nn1. The van der Waals surface area contributed by atoms with Crippen molar-refractivity contribution < 1.29 is 9.18 Å². The molecule has 5 nitrogen and oxygen atoms in total. The topological polar surface area (TPSA) is 66.9 Å². The minimum atomic E-state index is -0.391. The van der Waals surface area contributed by atoms with Gasteiger partial charge in [0, 0.05) is 6.54 Å². The minimum absolute atomic E-state index is 0.0375. The minimum Gasteiger partial charge on any atom is -0.369 e. The molecule has 6 heteroatoms. The molecule has 0 spiro atoms. The van der Waals surface area contributed by atoms with Crippen molar-refractivity contribution >= 4 is 17.5 Å². The van der Waals surface area contributed by atoms with Crippen LogP contribution in [0.5, 0.6) is 0 Å². The molecular weight excluding hydrogens is 271 g/mol. The summed E-state index contributed by atoms with van der Waals surface area (Å²) in [4.78, 5) is 11.8. The van der Waals surface area contributed by atoms with E-state index in [4.69, 9.17) is 0 Å². The first-order valence-electron chi connectivity index (χ1n) is 6.80. The van der Waals surface area contributed by atoms with Gasteiger partial charge in [-0.2, -0.15) is 0 Å². The molecule has 1 amide bonds. The lowest BCUT2D eigenvalue weighted by atomic mass is 10.1. The average Bonchev–Trinajstić information content (AvgIpc) is 2.49. The summed E-state index contributed by atoms with van der Waals surface area (Å²) in [6.07, 6.45) is 0.951. The Morgan fingerprint density at radius 3 is 2.52 bits per heavy atom. The number of nitrogens with one attached hydrogen (secondary N) is 2. The number of carbonyl (C=O) groups is 1. The summed E-state index contributed by atoms with van der Waals surface area (Å²) in [5.41, 5.74) is 0.351. The fourth-order valence-corrected chi connectivity index (χ4v) is 1.75. The van der Waals surface area contributed by atoms with E-state index in [0.717, 1.165) is 13.0 Å². The van der Waals surface area contributed by atoms with Crippen molar-refractivity contribution in [1.82, 2.24) is 10.2 Å². The van der Waals surface area contributed by atoms with Gasteiger partial charge in [-0.3, -0.25) is 4.79 Å². The molecule has 1 aromatic carbocycles. The lowest BCUT2D eigenvalue weighted by molar-refractivity contribution is -0.115. The van der Waals surface area contributed by atoms with Crippen LogP contribution < -0.4 is 10.6 Å². The number of amides is 1. The van der Waals surface area contributed by atoms with Crippen LogP contribution in [-0.4, -0.2) is 22.6 Å². The first-order chi connectivity index (χ1) is 10.2. The van der Waals surface area contributed by atoms with E-state index in [1.165, 1.54) is 6.07 Å². The van der Waals surface area contributed by atoms with Crippen molar-refractivity contribution in [2.45, 2.75) is 19.8 Å². The van der Waals surface area contributed by atoms with E-state index in [1.807, 2.05) is 0 Å². The highest BCUT2D eigenvalue weighted by molar-refractivity contribution is 5.91. The molecule has 0 aliphatic rings. The standard InChI is InChI=1S/C15H17FN4O/c1-2-9-17-13-7-8-14(20-19-13)18-15(21)10-11-5-3-4-6-12(11)16/h3-8H,2,9-10H2,1H3,(H,17,19)(H,18,20,21). The van der Waals surface area contributed by atoms with Crippen LogP contribution in [0.4, 0.5) is 16.0 Å². The maximum Gasteiger partial charge on any atom is 0.230 e. The van der Waals surface area contributed by atoms with Gasteiger partial charge in [-0.15, -0.1) is 10.2 Å². The molecule has 1 aromatic heterocycles. The molecule has 110 valence electrons. The molecule has 0 radical (unpaired) electrons. The Kier molecular flexibility index (Phi) is 5.20. The van der Waals surface area contributed by atoms with Gasteiger partial charge >= 0.3 is 0 Å². The van der Waals surface area contributed by atoms with Crippen LogP contribution in [-0.2, 0) is 11.2 Å². The van der Waals surface area contributed by atoms with Crippen molar-refractivity contribution in [2.75, 3.05) is 17.2 Å². The van der Waals surface area contributed by atoms with Gasteiger partial charge in [-0.1, -0.05) is 25.1 Å². The Balaban J connectivity index is 1.92. The van der Waals surface area contributed by atoms with Crippen molar-refractivity contribution in [2.24, 2.45) is 0 Å². The number of anilines is 2. The van der Waals surface area contributed by atoms with Gasteiger partial charge in [0.1, 0.15) is 11.6 Å². The third-order valence-corrected chi connectivity index (χ3v) is 2.80. The molecule has 0 fully saturated rings. The number of carbonyl (C=O) groups excluding carboxylic acids is 1. The van der Waals surface area contributed by atoms with Crippen molar-refractivity contribution in [1.29, 1.82) is 0 Å². The van der Waals surface area contributed by atoms with E-state index in [9.17, 15) is 9.18 Å². The molecule has 2 aromatic rings. The highest BCUT2D eigenvalue weighted by atomic mass is 19.1. The van der Waals surface area contributed by atoms with Gasteiger partial charge in [0.05, 0.1) is 6.42 Å². The summed E-state index contributed by atoms with van der Waals surface area (Å²) in [6, 6.07) is 9.59. The summed E-state index contributed by atoms with van der Waals surface area (Å²) >= 11 is 0. The summed E-state index contributed by atoms with van der Waals surface area (Å²) in [5.74, 6) is 0.281. The van der Waals surface area contributed by atoms with Crippen LogP contribution in [0.2, 0.25) is 0 Å². The first-order valence-corrected chi connectivity index (χ1v) is 6.80. The Morgan fingerprint density at radius 2 is 1.86 bits per heavy atom. The number of halogens is 1. The molecule has 21 heavy (non-hydrogen) atoms. The van der Waals surface area contributed by atoms with Crippen LogP contribution in [0.1, 0.15) is 18.9 Å². The predicted molar refractivity (Wildman–Crippen MR) is 79.5 cm³/mol. The molecule has 0 aliphatic carbocycles. The number of aromatic nitrogens is 2. The first kappa shape index (κ1) is 14.9. The number of benzene rings is 1. The van der Waals surface area contributed by atoms with E-state index in [0.29, 0.717) is 17.2 Å². The smallest absolute Gasteiger partial charge is 0.230 e. The Hall–Kier alpha value is -2.50. The average molecular weight is 288 g/mol. The number of hydrogen-bond donors (Lipinski definition) is 2. The fraction of sp³-hybridized carbons (Fsp3) is 0.267. The van der Waals surface area contributed by atoms with E-state index >= 15 is 0 Å². The Morgan fingerprint density at radius 1 is 1.14 bits per heavy atom. The van der Waals surface area contributed by atoms with E-state index in [2.05, 4.69) is 27.8 Å². The fourth-order valence-electron chi connectivity index (χ4n) is 1.75. The quantitative estimate of drug-likeness (QED) is 0.857. The van der Waals surface area contributed by atoms with E-state index in [-0.39, 0.29) is 12.3 Å². The zero-order valence-electron chi connectivity index (χ0n) is 11.8. The van der Waals surface area contributed by atoms with Crippen LogP contribution >= 0.6 is 0 Å². The van der Waals surface area contributed by atoms with Crippen LogP contribution in [0.25, 0.3) is 0 Å². The third-order valence-electron chi connectivity index (χ3n) is 2.80. The largest absolute Gasteiger partial charge is 0.369 e. The molecule has 0 atom stereocenters. The van der Waals surface area contributed by atoms with E-state index < -0.39 is 5.82 Å². The maximum absolute atomic E-state index is 13.4. The maximum atomic E-state index is 13.4.